The molecule has 0 aromatic carbocycles. The van der Waals surface area contributed by atoms with Crippen molar-refractivity contribution in [2.75, 3.05) is 26.2 Å². The highest BCUT2D eigenvalue weighted by Crippen LogP contribution is 2.38. The molecule has 106 valence electrons. The van der Waals surface area contributed by atoms with Crippen LogP contribution in [0.2, 0.25) is 10.0 Å². The molecule has 1 fully saturated rings. The molecule has 5 heteroatoms. The average molecular weight is 302 g/mol. The first kappa shape index (κ1) is 15.0. The second kappa shape index (κ2) is 6.89. The van der Waals surface area contributed by atoms with Gasteiger partial charge in [0.2, 0.25) is 0 Å². The largest absolute Gasteiger partial charge is 0.314 e. The van der Waals surface area contributed by atoms with Crippen LogP contribution in [-0.4, -0.2) is 36.1 Å². The summed E-state index contributed by atoms with van der Waals surface area (Å²) in [4.78, 5) is 6.55. The van der Waals surface area contributed by atoms with E-state index in [0.29, 0.717) is 16.0 Å². The van der Waals surface area contributed by atoms with Crippen molar-refractivity contribution in [1.29, 1.82) is 0 Å². The highest BCUT2D eigenvalue weighted by molar-refractivity contribution is 6.35. The van der Waals surface area contributed by atoms with Gasteiger partial charge in [-0.3, -0.25) is 9.88 Å². The van der Waals surface area contributed by atoms with E-state index in [-0.39, 0.29) is 6.04 Å². The van der Waals surface area contributed by atoms with Crippen molar-refractivity contribution >= 4 is 23.2 Å². The lowest BCUT2D eigenvalue weighted by Crippen LogP contribution is -2.46. The number of aromatic nitrogens is 1. The summed E-state index contributed by atoms with van der Waals surface area (Å²) in [6, 6.07) is 0.273. The van der Waals surface area contributed by atoms with Gasteiger partial charge in [-0.1, -0.05) is 43.5 Å². The van der Waals surface area contributed by atoms with Gasteiger partial charge in [0.05, 0.1) is 10.0 Å². The van der Waals surface area contributed by atoms with E-state index in [1.54, 1.807) is 12.4 Å². The number of rotatable bonds is 4. The summed E-state index contributed by atoms with van der Waals surface area (Å²) in [6.45, 7) is 8.58. The van der Waals surface area contributed by atoms with E-state index in [1.165, 1.54) is 0 Å². The monoisotopic (exact) mass is 301 g/mol. The minimum absolute atomic E-state index is 0.273. The van der Waals surface area contributed by atoms with Crippen molar-refractivity contribution in [3.05, 3.63) is 28.0 Å². The molecule has 2 rings (SSSR count). The minimum Gasteiger partial charge on any atom is -0.314 e. The molecule has 0 amide bonds. The van der Waals surface area contributed by atoms with E-state index in [4.69, 9.17) is 23.2 Å². The van der Waals surface area contributed by atoms with Crippen LogP contribution in [0.1, 0.15) is 31.9 Å². The molecule has 0 radical (unpaired) electrons. The predicted molar refractivity (Wildman–Crippen MR) is 80.9 cm³/mol. The van der Waals surface area contributed by atoms with Gasteiger partial charge < -0.3 is 5.32 Å². The Balaban J connectivity index is 2.36. The molecule has 1 unspecified atom stereocenters. The van der Waals surface area contributed by atoms with Gasteiger partial charge in [0.15, 0.2) is 0 Å². The van der Waals surface area contributed by atoms with E-state index in [2.05, 4.69) is 29.0 Å². The third kappa shape index (κ3) is 3.40. The van der Waals surface area contributed by atoms with Crippen molar-refractivity contribution in [2.45, 2.75) is 26.3 Å². The van der Waals surface area contributed by atoms with E-state index >= 15 is 0 Å². The molecule has 0 saturated carbocycles. The first-order valence-electron chi connectivity index (χ1n) is 6.88. The Labute approximate surface area is 125 Å². The number of nitrogens with zero attached hydrogens (tertiary/aromatic N) is 2. The van der Waals surface area contributed by atoms with E-state index in [9.17, 15) is 0 Å². The normalized spacial score (nSPS) is 20.2. The molecule has 1 N–H and O–H groups in total. The summed E-state index contributed by atoms with van der Waals surface area (Å²) in [5, 5.41) is 4.74. The molecule has 1 aromatic rings. The fourth-order valence-electron chi connectivity index (χ4n) is 2.71. The van der Waals surface area contributed by atoms with Gasteiger partial charge in [-0.15, -0.1) is 0 Å². The number of halogens is 2. The molecule has 1 aliphatic heterocycles. The Morgan fingerprint density at radius 3 is 2.37 bits per heavy atom. The van der Waals surface area contributed by atoms with Crippen LogP contribution in [0, 0.1) is 5.92 Å². The summed E-state index contributed by atoms with van der Waals surface area (Å²) in [6.07, 6.45) is 4.49. The van der Waals surface area contributed by atoms with Crippen molar-refractivity contribution < 1.29 is 0 Å². The van der Waals surface area contributed by atoms with Crippen LogP contribution in [0.25, 0.3) is 0 Å². The number of pyridine rings is 1. The van der Waals surface area contributed by atoms with E-state index in [1.807, 2.05) is 0 Å². The summed E-state index contributed by atoms with van der Waals surface area (Å²) in [7, 11) is 0. The quantitative estimate of drug-likeness (QED) is 0.924. The van der Waals surface area contributed by atoms with Gasteiger partial charge in [-0.2, -0.15) is 0 Å². The third-order valence-electron chi connectivity index (χ3n) is 3.91. The molecule has 0 spiro atoms. The summed E-state index contributed by atoms with van der Waals surface area (Å²) >= 11 is 12.7. The zero-order chi connectivity index (χ0) is 13.8. The van der Waals surface area contributed by atoms with E-state index in [0.717, 1.165) is 38.2 Å². The Morgan fingerprint density at radius 1 is 1.26 bits per heavy atom. The van der Waals surface area contributed by atoms with Crippen LogP contribution >= 0.6 is 23.2 Å². The fraction of sp³-hybridized carbons (Fsp3) is 0.643. The Hall–Kier alpha value is -0.350. The molecule has 2 heterocycles. The van der Waals surface area contributed by atoms with Crippen molar-refractivity contribution in [1.82, 2.24) is 15.2 Å². The lowest BCUT2D eigenvalue weighted by atomic mass is 9.91. The highest BCUT2D eigenvalue weighted by atomic mass is 35.5. The lowest BCUT2D eigenvalue weighted by molar-refractivity contribution is 0.128. The second-order valence-electron chi connectivity index (χ2n) is 5.13. The molecular weight excluding hydrogens is 281 g/mol. The van der Waals surface area contributed by atoms with Crippen LogP contribution in [0.5, 0.6) is 0 Å². The Bertz CT molecular complexity index is 399. The van der Waals surface area contributed by atoms with Gasteiger partial charge in [0, 0.05) is 50.2 Å². The number of nitrogens with one attached hydrogen (secondary N) is 1. The first-order chi connectivity index (χ1) is 9.15. The number of hydrogen-bond donors (Lipinski definition) is 1. The maximum atomic E-state index is 6.36. The van der Waals surface area contributed by atoms with Gasteiger partial charge in [0.1, 0.15) is 0 Å². The SMILES string of the molecule is CCC(C)[C@H](c1c(Cl)cncc1Cl)N1CCNCC1. The fourth-order valence-corrected chi connectivity index (χ4v) is 3.30. The van der Waals surface area contributed by atoms with Crippen molar-refractivity contribution in [2.24, 2.45) is 5.92 Å². The molecule has 1 aromatic heterocycles. The van der Waals surface area contributed by atoms with Crippen LogP contribution in [0.4, 0.5) is 0 Å². The summed E-state index contributed by atoms with van der Waals surface area (Å²) < 4.78 is 0. The summed E-state index contributed by atoms with van der Waals surface area (Å²) in [5.74, 6) is 0.510. The van der Waals surface area contributed by atoms with Crippen molar-refractivity contribution in [3.63, 3.8) is 0 Å². The maximum Gasteiger partial charge on any atom is 0.0652 e. The summed E-state index contributed by atoms with van der Waals surface area (Å²) in [5.41, 5.74) is 1.04. The van der Waals surface area contributed by atoms with Crippen LogP contribution in [0.15, 0.2) is 12.4 Å². The number of piperazine rings is 1. The minimum atomic E-state index is 0.273. The molecule has 3 nitrogen and oxygen atoms in total. The third-order valence-corrected chi connectivity index (χ3v) is 4.52. The molecular formula is C14H21Cl2N3. The average Bonchev–Trinajstić information content (AvgIpc) is 2.43. The molecule has 0 aliphatic carbocycles. The maximum absolute atomic E-state index is 6.36. The Morgan fingerprint density at radius 2 is 1.84 bits per heavy atom. The van der Waals surface area contributed by atoms with Gasteiger partial charge in [-0.05, 0) is 5.92 Å². The smallest absolute Gasteiger partial charge is 0.0652 e. The van der Waals surface area contributed by atoms with Gasteiger partial charge >= 0.3 is 0 Å². The molecule has 19 heavy (non-hydrogen) atoms. The molecule has 1 aliphatic rings. The van der Waals surface area contributed by atoms with Crippen LogP contribution in [-0.2, 0) is 0 Å². The Kier molecular flexibility index (Phi) is 5.46. The van der Waals surface area contributed by atoms with Crippen molar-refractivity contribution in [3.8, 4) is 0 Å². The lowest BCUT2D eigenvalue weighted by Gasteiger charge is -2.39. The van der Waals surface area contributed by atoms with E-state index < -0.39 is 0 Å². The zero-order valence-electron chi connectivity index (χ0n) is 11.5. The van der Waals surface area contributed by atoms with Crippen LogP contribution in [0.3, 0.4) is 0 Å². The second-order valence-corrected chi connectivity index (χ2v) is 5.95. The molecule has 0 bridgehead atoms. The van der Waals surface area contributed by atoms with Gasteiger partial charge in [0.25, 0.3) is 0 Å². The highest BCUT2D eigenvalue weighted by Gasteiger charge is 2.29. The van der Waals surface area contributed by atoms with Gasteiger partial charge in [-0.25, -0.2) is 0 Å². The first-order valence-corrected chi connectivity index (χ1v) is 7.64. The predicted octanol–water partition coefficient (Wildman–Crippen LogP) is 3.38. The topological polar surface area (TPSA) is 28.2 Å². The standard InChI is InChI=1S/C14H21Cl2N3/c1-3-10(2)14(19-6-4-17-5-7-19)13-11(15)8-18-9-12(13)16/h8-10,14,17H,3-7H2,1-2H3/t10?,14-/m1/s1. The molecule has 2 atom stereocenters. The number of hydrogen-bond acceptors (Lipinski definition) is 3. The molecule has 1 saturated heterocycles. The van der Waals surface area contributed by atoms with Crippen LogP contribution < -0.4 is 5.32 Å². The zero-order valence-corrected chi connectivity index (χ0v) is 13.0.